The molecule has 1 aromatic rings. The minimum Gasteiger partial charge on any atom is -0.350 e. The molecule has 0 saturated carbocycles. The Bertz CT molecular complexity index is 545. The van der Waals surface area contributed by atoms with Crippen molar-refractivity contribution in [3.05, 3.63) is 28.7 Å². The van der Waals surface area contributed by atoms with Gasteiger partial charge in [0.2, 0.25) is 9.84 Å². The lowest BCUT2D eigenvalue weighted by molar-refractivity contribution is -0.123. The molecule has 0 radical (unpaired) electrons. The van der Waals surface area contributed by atoms with Crippen LogP contribution in [-0.4, -0.2) is 25.9 Å². The van der Waals surface area contributed by atoms with E-state index in [0.717, 1.165) is 0 Å². The van der Waals surface area contributed by atoms with Crippen LogP contribution in [0, 0.1) is 0 Å². The van der Waals surface area contributed by atoms with Crippen molar-refractivity contribution >= 4 is 31.7 Å². The second kappa shape index (κ2) is 5.79. The lowest BCUT2D eigenvalue weighted by atomic mass is 10.4. The van der Waals surface area contributed by atoms with Crippen molar-refractivity contribution in [1.29, 1.82) is 0 Å². The van der Waals surface area contributed by atoms with Gasteiger partial charge in [-0.25, -0.2) is 12.8 Å². The Morgan fingerprint density at radius 2 is 1.89 bits per heavy atom. The Morgan fingerprint density at radius 3 is 2.39 bits per heavy atom. The van der Waals surface area contributed by atoms with Crippen LogP contribution in [0.3, 0.4) is 0 Å². The summed E-state index contributed by atoms with van der Waals surface area (Å²) in [6.07, 6.45) is 0. The maximum Gasteiger partial charge on any atom is 0.282 e. The molecule has 100 valence electrons. The third kappa shape index (κ3) is 3.29. The smallest absolute Gasteiger partial charge is 0.282 e. The van der Waals surface area contributed by atoms with E-state index in [1.807, 2.05) is 0 Å². The fourth-order valence-corrected chi connectivity index (χ4v) is 3.42. The molecule has 0 bridgehead atoms. The summed E-state index contributed by atoms with van der Waals surface area (Å²) >= 11 is 3.02. The van der Waals surface area contributed by atoms with Gasteiger partial charge in [0.25, 0.3) is 11.4 Å². The van der Waals surface area contributed by atoms with Crippen LogP contribution < -0.4 is 5.32 Å². The van der Waals surface area contributed by atoms with Crippen molar-refractivity contribution in [3.8, 4) is 0 Å². The number of amides is 1. The fraction of sp³-hybridized carbons (Fsp3) is 0.364. The molecule has 1 N–H and O–H groups in total. The monoisotopic (exact) mass is 337 g/mol. The van der Waals surface area contributed by atoms with Crippen molar-refractivity contribution in [3.63, 3.8) is 0 Å². The molecule has 1 unspecified atom stereocenters. The summed E-state index contributed by atoms with van der Waals surface area (Å²) in [6, 6.07) is 5.45. The van der Waals surface area contributed by atoms with Crippen molar-refractivity contribution < 1.29 is 17.6 Å². The van der Waals surface area contributed by atoms with E-state index in [1.54, 1.807) is 19.9 Å². The molecule has 0 aromatic heterocycles. The summed E-state index contributed by atoms with van der Waals surface area (Å²) in [5, 5.41) is 2.23. The molecule has 4 nitrogen and oxygen atoms in total. The number of carbonyl (C=O) groups is 1. The predicted molar refractivity (Wildman–Crippen MR) is 69.5 cm³/mol. The van der Waals surface area contributed by atoms with Crippen molar-refractivity contribution in [1.82, 2.24) is 5.32 Å². The minimum atomic E-state index is -4.34. The first-order valence-corrected chi connectivity index (χ1v) is 7.53. The molecule has 1 amide bonds. The van der Waals surface area contributed by atoms with E-state index in [0.29, 0.717) is 0 Å². The second-order valence-electron chi connectivity index (χ2n) is 3.95. The van der Waals surface area contributed by atoms with Crippen LogP contribution in [-0.2, 0) is 14.6 Å². The van der Waals surface area contributed by atoms with Gasteiger partial charge in [-0.3, -0.25) is 4.79 Å². The largest absolute Gasteiger partial charge is 0.350 e. The van der Waals surface area contributed by atoms with Crippen LogP contribution in [0.25, 0.3) is 0 Å². The van der Waals surface area contributed by atoms with E-state index < -0.39 is 21.2 Å². The number of sulfone groups is 1. The predicted octanol–water partition coefficient (Wildman–Crippen LogP) is 2.04. The van der Waals surface area contributed by atoms with E-state index in [1.165, 1.54) is 18.2 Å². The molecule has 1 atom stereocenters. The highest BCUT2D eigenvalue weighted by Crippen LogP contribution is 2.25. The van der Waals surface area contributed by atoms with Crippen LogP contribution in [0.5, 0.6) is 0 Å². The zero-order chi connectivity index (χ0) is 13.9. The molecule has 0 spiro atoms. The third-order valence-corrected chi connectivity index (χ3v) is 4.73. The van der Waals surface area contributed by atoms with Crippen LogP contribution in [0.2, 0.25) is 0 Å². The quantitative estimate of drug-likeness (QED) is 0.914. The van der Waals surface area contributed by atoms with E-state index in [9.17, 15) is 17.6 Å². The second-order valence-corrected chi connectivity index (χ2v) is 6.75. The van der Waals surface area contributed by atoms with Gasteiger partial charge < -0.3 is 5.32 Å². The van der Waals surface area contributed by atoms with Crippen molar-refractivity contribution in [2.75, 3.05) is 0 Å². The Kier molecular flexibility index (Phi) is 4.86. The number of carbonyl (C=O) groups excluding carboxylic acids is 1. The summed E-state index contributed by atoms with van der Waals surface area (Å²) in [6.45, 7) is 3.24. The highest BCUT2D eigenvalue weighted by Gasteiger charge is 2.35. The Balaban J connectivity index is 3.08. The van der Waals surface area contributed by atoms with Crippen LogP contribution in [0.15, 0.2) is 33.6 Å². The van der Waals surface area contributed by atoms with Gasteiger partial charge >= 0.3 is 0 Å². The van der Waals surface area contributed by atoms with Gasteiger partial charge in [0.1, 0.15) is 0 Å². The van der Waals surface area contributed by atoms with E-state index in [4.69, 9.17) is 0 Å². The van der Waals surface area contributed by atoms with Crippen molar-refractivity contribution in [2.24, 2.45) is 0 Å². The highest BCUT2D eigenvalue weighted by atomic mass is 79.9. The van der Waals surface area contributed by atoms with Gasteiger partial charge in [-0.2, -0.15) is 0 Å². The summed E-state index contributed by atoms with van der Waals surface area (Å²) in [5.74, 6) is -1.15. The number of hydrogen-bond acceptors (Lipinski definition) is 3. The lowest BCUT2D eigenvalue weighted by Crippen LogP contribution is -2.40. The SMILES string of the molecule is CC(C)NC(=O)C(F)S(=O)(=O)c1ccccc1Br. The number of alkyl halides is 1. The summed E-state index contributed by atoms with van der Waals surface area (Å²) < 4.78 is 37.8. The van der Waals surface area contributed by atoms with Gasteiger partial charge in [-0.05, 0) is 41.9 Å². The molecule has 1 rings (SSSR count). The summed E-state index contributed by atoms with van der Waals surface area (Å²) in [7, 11) is -4.34. The maximum atomic E-state index is 13.8. The molecule has 0 saturated heterocycles. The summed E-state index contributed by atoms with van der Waals surface area (Å²) in [5.41, 5.74) is -2.61. The Labute approximate surface area is 114 Å². The molecule has 0 aliphatic heterocycles. The Morgan fingerprint density at radius 1 is 1.33 bits per heavy atom. The minimum absolute atomic E-state index is 0.227. The normalized spacial score (nSPS) is 13.4. The number of halogens is 2. The third-order valence-electron chi connectivity index (χ3n) is 2.05. The molecule has 0 fully saturated rings. The highest BCUT2D eigenvalue weighted by molar-refractivity contribution is 9.10. The number of rotatable bonds is 4. The van der Waals surface area contributed by atoms with E-state index in [-0.39, 0.29) is 15.4 Å². The molecule has 0 aliphatic carbocycles. The average molecular weight is 338 g/mol. The molecular formula is C11H13BrFNO3S. The molecule has 1 aromatic carbocycles. The van der Waals surface area contributed by atoms with Gasteiger partial charge in [-0.15, -0.1) is 0 Å². The van der Waals surface area contributed by atoms with Gasteiger partial charge in [-0.1, -0.05) is 12.1 Å². The van der Waals surface area contributed by atoms with Gasteiger partial charge in [0.15, 0.2) is 0 Å². The van der Waals surface area contributed by atoms with E-state index >= 15 is 0 Å². The first kappa shape index (κ1) is 15.1. The zero-order valence-corrected chi connectivity index (χ0v) is 12.3. The van der Waals surface area contributed by atoms with E-state index in [2.05, 4.69) is 21.2 Å². The topological polar surface area (TPSA) is 63.2 Å². The fourth-order valence-electron chi connectivity index (χ4n) is 1.28. The van der Waals surface area contributed by atoms with Gasteiger partial charge in [0, 0.05) is 10.5 Å². The lowest BCUT2D eigenvalue weighted by Gasteiger charge is -2.13. The van der Waals surface area contributed by atoms with Crippen LogP contribution in [0.4, 0.5) is 4.39 Å². The molecule has 18 heavy (non-hydrogen) atoms. The standard InChI is InChI=1S/C11H13BrFNO3S/c1-7(2)14-11(15)10(13)18(16,17)9-6-4-3-5-8(9)12/h3-7,10H,1-2H3,(H,14,15). The number of benzene rings is 1. The van der Waals surface area contributed by atoms with Crippen LogP contribution >= 0.6 is 15.9 Å². The summed E-state index contributed by atoms with van der Waals surface area (Å²) in [4.78, 5) is 11.2. The molecular weight excluding hydrogens is 325 g/mol. The first-order valence-electron chi connectivity index (χ1n) is 5.19. The molecule has 7 heteroatoms. The molecule has 0 heterocycles. The van der Waals surface area contributed by atoms with Gasteiger partial charge in [0.05, 0.1) is 4.90 Å². The van der Waals surface area contributed by atoms with Crippen molar-refractivity contribution in [2.45, 2.75) is 30.3 Å². The molecule has 0 aliphatic rings. The average Bonchev–Trinajstić information content (AvgIpc) is 2.27. The maximum absolute atomic E-state index is 13.8. The number of nitrogens with one attached hydrogen (secondary N) is 1. The van der Waals surface area contributed by atoms with Crippen LogP contribution in [0.1, 0.15) is 13.8 Å². The first-order chi connectivity index (χ1) is 8.26. The zero-order valence-electron chi connectivity index (χ0n) is 9.85. The number of hydrogen-bond donors (Lipinski definition) is 1. The Hall–Kier alpha value is -0.950.